The fourth-order valence-electron chi connectivity index (χ4n) is 2.33. The third-order valence-corrected chi connectivity index (χ3v) is 4.52. The average Bonchev–Trinajstić information content (AvgIpc) is 3.37. The smallest absolute Gasteiger partial charge is 0.261 e. The molecule has 26 heavy (non-hydrogen) atoms. The van der Waals surface area contributed by atoms with Crippen LogP contribution in [0.2, 0.25) is 0 Å². The van der Waals surface area contributed by atoms with Crippen LogP contribution in [0.5, 0.6) is 0 Å². The summed E-state index contributed by atoms with van der Waals surface area (Å²) in [5.41, 5.74) is 0.949. The van der Waals surface area contributed by atoms with Crippen LogP contribution < -0.4 is 10.6 Å². The molecule has 3 heterocycles. The first-order valence-electron chi connectivity index (χ1n) is 8.26. The highest BCUT2D eigenvalue weighted by Crippen LogP contribution is 2.08. The molecule has 0 saturated carbocycles. The van der Waals surface area contributed by atoms with Crippen molar-refractivity contribution in [2.45, 2.75) is 19.4 Å². The molecular weight excluding hydrogens is 350 g/mol. The van der Waals surface area contributed by atoms with Crippen molar-refractivity contribution in [1.82, 2.24) is 25.4 Å². The van der Waals surface area contributed by atoms with Gasteiger partial charge in [-0.1, -0.05) is 6.07 Å². The molecule has 0 aliphatic heterocycles. The molecule has 0 aliphatic carbocycles. The first-order valence-corrected chi connectivity index (χ1v) is 9.14. The van der Waals surface area contributed by atoms with E-state index in [1.54, 1.807) is 23.1 Å². The van der Waals surface area contributed by atoms with Crippen LogP contribution in [0.25, 0.3) is 5.82 Å². The van der Waals surface area contributed by atoms with Crippen molar-refractivity contribution in [1.29, 1.82) is 0 Å². The lowest BCUT2D eigenvalue weighted by Gasteiger charge is -2.07. The van der Waals surface area contributed by atoms with Gasteiger partial charge in [0.2, 0.25) is 5.91 Å². The second kappa shape index (κ2) is 8.91. The first kappa shape index (κ1) is 17.8. The Balaban J connectivity index is 1.38. The normalized spacial score (nSPS) is 10.5. The van der Waals surface area contributed by atoms with Gasteiger partial charge in [-0.15, -0.1) is 11.3 Å². The summed E-state index contributed by atoms with van der Waals surface area (Å²) in [5.74, 6) is 0.564. The lowest BCUT2D eigenvalue weighted by molar-refractivity contribution is -0.121. The molecular formula is C18H19N5O2S. The van der Waals surface area contributed by atoms with Gasteiger partial charge >= 0.3 is 0 Å². The number of amides is 2. The Hall–Kier alpha value is -3.00. The third kappa shape index (κ3) is 5.00. The number of aromatic nitrogens is 3. The number of rotatable bonds is 8. The molecule has 0 aromatic carbocycles. The van der Waals surface area contributed by atoms with Crippen LogP contribution in [0.1, 0.15) is 28.1 Å². The molecule has 0 unspecified atom stereocenters. The Morgan fingerprint density at radius 2 is 2.08 bits per heavy atom. The van der Waals surface area contributed by atoms with E-state index in [0.717, 1.165) is 5.56 Å². The van der Waals surface area contributed by atoms with E-state index < -0.39 is 0 Å². The molecule has 134 valence electrons. The fraction of sp³-hybridized carbons (Fsp3) is 0.222. The molecule has 2 amide bonds. The molecule has 0 bridgehead atoms. The minimum atomic E-state index is -0.0941. The highest BCUT2D eigenvalue weighted by Gasteiger charge is 2.07. The molecule has 8 heteroatoms. The minimum absolute atomic E-state index is 0.0483. The van der Waals surface area contributed by atoms with Crippen molar-refractivity contribution in [3.05, 3.63) is 64.7 Å². The summed E-state index contributed by atoms with van der Waals surface area (Å²) in [6.45, 7) is 0.903. The topological polar surface area (TPSA) is 88.9 Å². The number of nitrogens with one attached hydrogen (secondary N) is 2. The second-order valence-corrected chi connectivity index (χ2v) is 6.53. The number of carbonyl (C=O) groups excluding carboxylic acids is 2. The summed E-state index contributed by atoms with van der Waals surface area (Å²) in [6.07, 6.45) is 6.15. The Morgan fingerprint density at radius 1 is 1.15 bits per heavy atom. The molecule has 7 nitrogen and oxygen atoms in total. The van der Waals surface area contributed by atoms with Gasteiger partial charge in [-0.3, -0.25) is 9.59 Å². The van der Waals surface area contributed by atoms with Crippen LogP contribution in [-0.4, -0.2) is 33.1 Å². The Labute approximate surface area is 155 Å². The lowest BCUT2D eigenvalue weighted by atomic mass is 10.2. The molecule has 0 fully saturated rings. The maximum Gasteiger partial charge on any atom is 0.261 e. The van der Waals surface area contributed by atoms with E-state index in [2.05, 4.69) is 20.7 Å². The van der Waals surface area contributed by atoms with Crippen LogP contribution in [0.3, 0.4) is 0 Å². The molecule has 0 atom stereocenters. The first-order chi connectivity index (χ1) is 12.7. The van der Waals surface area contributed by atoms with Crippen molar-refractivity contribution in [2.24, 2.45) is 0 Å². The van der Waals surface area contributed by atoms with Gasteiger partial charge in [0.1, 0.15) is 0 Å². The maximum atomic E-state index is 11.9. The largest absolute Gasteiger partial charge is 0.352 e. The maximum absolute atomic E-state index is 11.9. The van der Waals surface area contributed by atoms with Crippen LogP contribution in [0.4, 0.5) is 0 Å². The number of hydrogen-bond acceptors (Lipinski definition) is 5. The fourth-order valence-corrected chi connectivity index (χ4v) is 2.98. The Kier molecular flexibility index (Phi) is 6.10. The van der Waals surface area contributed by atoms with Crippen molar-refractivity contribution < 1.29 is 9.59 Å². The predicted octanol–water partition coefficient (Wildman–Crippen LogP) is 2.16. The van der Waals surface area contributed by atoms with Gasteiger partial charge in [-0.25, -0.2) is 9.67 Å². The van der Waals surface area contributed by atoms with Gasteiger partial charge in [0.15, 0.2) is 5.82 Å². The number of nitrogens with zero attached hydrogens (tertiary/aromatic N) is 3. The van der Waals surface area contributed by atoms with Crippen LogP contribution in [0.15, 0.2) is 54.3 Å². The van der Waals surface area contributed by atoms with Gasteiger partial charge in [-0.05, 0) is 41.6 Å². The zero-order valence-electron chi connectivity index (χ0n) is 14.1. The summed E-state index contributed by atoms with van der Waals surface area (Å²) < 4.78 is 1.67. The van der Waals surface area contributed by atoms with E-state index in [1.807, 2.05) is 35.8 Å². The third-order valence-electron chi connectivity index (χ3n) is 3.65. The Bertz CT molecular complexity index is 846. The molecule has 3 aromatic heterocycles. The monoisotopic (exact) mass is 369 g/mol. The Morgan fingerprint density at radius 3 is 2.85 bits per heavy atom. The predicted molar refractivity (Wildman–Crippen MR) is 99.1 cm³/mol. The van der Waals surface area contributed by atoms with E-state index in [9.17, 15) is 9.59 Å². The van der Waals surface area contributed by atoms with Gasteiger partial charge in [0.25, 0.3) is 5.91 Å². The SMILES string of the molecule is O=C(CCCNC(=O)c1cccs1)NCc1ccnc(-n2cccn2)c1. The van der Waals surface area contributed by atoms with E-state index in [4.69, 9.17) is 0 Å². The van der Waals surface area contributed by atoms with E-state index in [0.29, 0.717) is 36.6 Å². The number of hydrogen-bond donors (Lipinski definition) is 2. The molecule has 0 spiro atoms. The average molecular weight is 369 g/mol. The molecule has 3 rings (SSSR count). The summed E-state index contributed by atoms with van der Waals surface area (Å²) >= 11 is 1.40. The summed E-state index contributed by atoms with van der Waals surface area (Å²) in [5, 5.41) is 11.7. The second-order valence-electron chi connectivity index (χ2n) is 5.59. The van der Waals surface area contributed by atoms with Crippen molar-refractivity contribution in [2.75, 3.05) is 6.54 Å². The molecule has 0 saturated heterocycles. The zero-order chi connectivity index (χ0) is 18.2. The van der Waals surface area contributed by atoms with Crippen LogP contribution >= 0.6 is 11.3 Å². The highest BCUT2D eigenvalue weighted by molar-refractivity contribution is 7.12. The van der Waals surface area contributed by atoms with Crippen molar-refractivity contribution >= 4 is 23.2 Å². The molecule has 2 N–H and O–H groups in total. The van der Waals surface area contributed by atoms with Gasteiger partial charge in [-0.2, -0.15) is 5.10 Å². The van der Waals surface area contributed by atoms with Gasteiger partial charge < -0.3 is 10.6 Å². The van der Waals surface area contributed by atoms with E-state index in [-0.39, 0.29) is 11.8 Å². The number of thiophene rings is 1. The lowest BCUT2D eigenvalue weighted by Crippen LogP contribution is -2.27. The van der Waals surface area contributed by atoms with Crippen LogP contribution in [-0.2, 0) is 11.3 Å². The quantitative estimate of drug-likeness (QED) is 0.596. The zero-order valence-corrected chi connectivity index (χ0v) is 14.9. The summed E-state index contributed by atoms with van der Waals surface area (Å²) in [7, 11) is 0. The summed E-state index contributed by atoms with van der Waals surface area (Å²) in [6, 6.07) is 9.18. The van der Waals surface area contributed by atoms with E-state index >= 15 is 0 Å². The van der Waals surface area contributed by atoms with Gasteiger partial charge in [0, 0.05) is 38.1 Å². The van der Waals surface area contributed by atoms with Crippen LogP contribution in [0, 0.1) is 0 Å². The summed E-state index contributed by atoms with van der Waals surface area (Å²) in [4.78, 5) is 28.7. The van der Waals surface area contributed by atoms with E-state index in [1.165, 1.54) is 11.3 Å². The van der Waals surface area contributed by atoms with Crippen molar-refractivity contribution in [3.8, 4) is 5.82 Å². The molecule has 3 aromatic rings. The van der Waals surface area contributed by atoms with Gasteiger partial charge in [0.05, 0.1) is 4.88 Å². The number of pyridine rings is 1. The van der Waals surface area contributed by atoms with Crippen molar-refractivity contribution in [3.63, 3.8) is 0 Å². The number of carbonyl (C=O) groups is 2. The minimum Gasteiger partial charge on any atom is -0.352 e. The standard InChI is InChI=1S/C18H19N5O2S/c24-17(5-1-7-20-18(25)15-4-2-11-26-15)21-13-14-6-9-19-16(12-14)23-10-3-8-22-23/h2-4,6,8-12H,1,5,7,13H2,(H,20,25)(H,21,24). The molecule has 0 radical (unpaired) electrons. The molecule has 0 aliphatic rings. The highest BCUT2D eigenvalue weighted by atomic mass is 32.1.